The first-order valence-corrected chi connectivity index (χ1v) is 7.17. The maximum Gasteiger partial charge on any atom is 0.370 e. The van der Waals surface area contributed by atoms with Crippen molar-refractivity contribution in [3.63, 3.8) is 0 Å². The number of amides is 2. The lowest BCUT2D eigenvalue weighted by Crippen LogP contribution is -2.43. The van der Waals surface area contributed by atoms with Crippen LogP contribution in [0.25, 0.3) is 0 Å². The van der Waals surface area contributed by atoms with Gasteiger partial charge in [0.1, 0.15) is 6.17 Å². The fraction of sp³-hybridized carbons (Fsp3) is 0.200. The summed E-state index contributed by atoms with van der Waals surface area (Å²) >= 11 is 19.4. The summed E-state index contributed by atoms with van der Waals surface area (Å²) in [5.41, 5.74) is 0.485. The third-order valence-electron chi connectivity index (χ3n) is 2.53. The van der Waals surface area contributed by atoms with E-state index in [1.165, 1.54) is 5.37 Å². The van der Waals surface area contributed by atoms with E-state index >= 15 is 0 Å². The highest BCUT2D eigenvalue weighted by Crippen LogP contribution is 2.32. The van der Waals surface area contributed by atoms with Gasteiger partial charge in [-0.25, -0.2) is 4.79 Å². The summed E-state index contributed by atoms with van der Waals surface area (Å²) in [6.07, 6.45) is -0.867. The standard InChI is InChI=1S/C10H7BrCl2FN3OS/c11-6-1-3-7(4-2-6)15-8(5-19)16(9(12)13)17(14)10(15)18/h1-5,8-9H. The van der Waals surface area contributed by atoms with Crippen molar-refractivity contribution in [2.45, 2.75) is 11.1 Å². The summed E-state index contributed by atoms with van der Waals surface area (Å²) in [5.74, 6) is 0. The second-order valence-electron chi connectivity index (χ2n) is 3.60. The number of carbonyl (C=O) groups is 1. The Bertz CT molecular complexity index is 504. The molecule has 1 aliphatic heterocycles. The van der Waals surface area contributed by atoms with Gasteiger partial charge >= 0.3 is 6.03 Å². The van der Waals surface area contributed by atoms with Crippen LogP contribution in [0.2, 0.25) is 0 Å². The Kier molecular flexibility index (Phi) is 4.62. The summed E-state index contributed by atoms with van der Waals surface area (Å²) in [6.45, 7) is 0. The van der Waals surface area contributed by atoms with Crippen molar-refractivity contribution in [1.82, 2.24) is 10.2 Å². The van der Waals surface area contributed by atoms with Crippen LogP contribution in [0.5, 0.6) is 0 Å². The number of nitrogens with zero attached hydrogens (tertiary/aromatic N) is 3. The van der Waals surface area contributed by atoms with Crippen LogP contribution in [0.15, 0.2) is 28.7 Å². The quantitative estimate of drug-likeness (QED) is 0.341. The van der Waals surface area contributed by atoms with E-state index in [1.54, 1.807) is 24.3 Å². The fourth-order valence-electron chi connectivity index (χ4n) is 1.70. The Morgan fingerprint density at radius 1 is 1.37 bits per heavy atom. The van der Waals surface area contributed by atoms with Crippen LogP contribution in [-0.2, 0) is 0 Å². The molecule has 1 heterocycles. The normalized spacial score (nSPS) is 20.5. The maximum atomic E-state index is 13.8. The molecule has 0 aliphatic carbocycles. The predicted octanol–water partition coefficient (Wildman–Crippen LogP) is 3.88. The van der Waals surface area contributed by atoms with Gasteiger partial charge in [-0.05, 0) is 24.3 Å². The molecule has 2 amide bonds. The second-order valence-corrected chi connectivity index (χ2v) is 5.83. The Balaban J connectivity index is 2.41. The minimum Gasteiger partial charge on any atom is -0.269 e. The first-order chi connectivity index (χ1) is 8.97. The van der Waals surface area contributed by atoms with Gasteiger partial charge in [0.2, 0.25) is 0 Å². The van der Waals surface area contributed by atoms with Crippen LogP contribution in [0.1, 0.15) is 0 Å². The number of thiocarbonyl (C=S) groups is 1. The van der Waals surface area contributed by atoms with Crippen LogP contribution in [-0.4, -0.2) is 32.8 Å². The highest BCUT2D eigenvalue weighted by molar-refractivity contribution is 9.10. The van der Waals surface area contributed by atoms with Gasteiger partial charge in [-0.3, -0.25) is 4.90 Å². The van der Waals surface area contributed by atoms with E-state index in [1.807, 2.05) is 0 Å². The molecule has 1 aromatic rings. The summed E-state index contributed by atoms with van der Waals surface area (Å²) in [4.78, 5) is 11.8. The largest absolute Gasteiger partial charge is 0.370 e. The van der Waals surface area contributed by atoms with Crippen molar-refractivity contribution >= 4 is 68.4 Å². The highest BCUT2D eigenvalue weighted by Gasteiger charge is 2.47. The minimum atomic E-state index is -1.24. The molecule has 102 valence electrons. The van der Waals surface area contributed by atoms with E-state index < -0.39 is 17.2 Å². The van der Waals surface area contributed by atoms with E-state index in [0.29, 0.717) is 5.69 Å². The first kappa shape index (κ1) is 14.9. The van der Waals surface area contributed by atoms with Gasteiger partial charge in [-0.1, -0.05) is 61.1 Å². The van der Waals surface area contributed by atoms with Gasteiger partial charge in [-0.2, -0.15) is 0 Å². The first-order valence-electron chi connectivity index (χ1n) is 5.03. The molecular weight excluding hydrogens is 380 g/mol. The lowest BCUT2D eigenvalue weighted by molar-refractivity contribution is -0.0993. The van der Waals surface area contributed by atoms with Crippen molar-refractivity contribution in [3.8, 4) is 0 Å². The predicted molar refractivity (Wildman–Crippen MR) is 79.7 cm³/mol. The van der Waals surface area contributed by atoms with E-state index in [-0.39, 0.29) is 5.23 Å². The van der Waals surface area contributed by atoms with Gasteiger partial charge in [-0.15, -0.1) is 5.01 Å². The van der Waals surface area contributed by atoms with Gasteiger partial charge in [0.05, 0.1) is 0 Å². The van der Waals surface area contributed by atoms with Gasteiger partial charge in [0.15, 0.2) is 4.96 Å². The molecule has 0 aromatic heterocycles. The molecular formula is C10H7BrCl2FN3OS. The molecule has 0 bridgehead atoms. The topological polar surface area (TPSA) is 26.8 Å². The molecule has 0 N–H and O–H groups in total. The molecule has 1 saturated heterocycles. The molecule has 9 heteroatoms. The summed E-state index contributed by atoms with van der Waals surface area (Å²) < 4.78 is 14.6. The zero-order chi connectivity index (χ0) is 14.2. The summed E-state index contributed by atoms with van der Waals surface area (Å²) in [5, 5.41) is 1.91. The summed E-state index contributed by atoms with van der Waals surface area (Å²) in [6, 6.07) is 5.87. The number of hydrazine groups is 1. The molecule has 0 radical (unpaired) electrons. The number of halogens is 4. The number of alkyl halides is 2. The third-order valence-corrected chi connectivity index (χ3v) is 3.70. The average Bonchev–Trinajstić information content (AvgIpc) is 2.63. The van der Waals surface area contributed by atoms with Crippen LogP contribution < -0.4 is 4.90 Å². The molecule has 1 aromatic carbocycles. The highest BCUT2D eigenvalue weighted by atomic mass is 79.9. The monoisotopic (exact) mass is 385 g/mol. The third kappa shape index (κ3) is 2.71. The van der Waals surface area contributed by atoms with Gasteiger partial charge in [0.25, 0.3) is 0 Å². The fourth-order valence-corrected chi connectivity index (χ4v) is 2.60. The van der Waals surface area contributed by atoms with Crippen LogP contribution in [0, 0.1) is 0 Å². The number of carbonyl (C=O) groups excluding carboxylic acids is 1. The molecule has 19 heavy (non-hydrogen) atoms. The van der Waals surface area contributed by atoms with Crippen LogP contribution in [0.3, 0.4) is 0 Å². The minimum absolute atomic E-state index is 0.139. The molecule has 2 rings (SSSR count). The lowest BCUT2D eigenvalue weighted by Gasteiger charge is -2.25. The number of urea groups is 1. The molecule has 1 unspecified atom stereocenters. The Morgan fingerprint density at radius 3 is 2.42 bits per heavy atom. The SMILES string of the molecule is O=C1N(c2ccc(Br)cc2)C(C=S)N(C(Cl)Cl)N1F. The second kappa shape index (κ2) is 5.88. The zero-order valence-electron chi connectivity index (χ0n) is 9.21. The van der Waals surface area contributed by atoms with E-state index in [9.17, 15) is 9.28 Å². The van der Waals surface area contributed by atoms with E-state index in [4.69, 9.17) is 35.4 Å². The van der Waals surface area contributed by atoms with Crippen molar-refractivity contribution < 1.29 is 9.28 Å². The Morgan fingerprint density at radius 2 is 1.95 bits per heavy atom. The average molecular weight is 387 g/mol. The number of benzene rings is 1. The zero-order valence-corrected chi connectivity index (χ0v) is 13.1. The number of hydrogen-bond donors (Lipinski definition) is 0. The summed E-state index contributed by atoms with van der Waals surface area (Å²) in [7, 11) is 0. The Labute approximate surface area is 132 Å². The van der Waals surface area contributed by atoms with Crippen molar-refractivity contribution in [1.29, 1.82) is 0 Å². The molecule has 1 fully saturated rings. The molecule has 4 nitrogen and oxygen atoms in total. The van der Waals surface area contributed by atoms with Crippen molar-refractivity contribution in [2.75, 3.05) is 4.90 Å². The van der Waals surface area contributed by atoms with Crippen LogP contribution in [0.4, 0.5) is 15.0 Å². The molecule has 0 saturated carbocycles. The Hall–Kier alpha value is -0.470. The van der Waals surface area contributed by atoms with Gasteiger partial charge < -0.3 is 0 Å². The van der Waals surface area contributed by atoms with Crippen molar-refractivity contribution in [3.05, 3.63) is 28.7 Å². The lowest BCUT2D eigenvalue weighted by atomic mass is 10.3. The van der Waals surface area contributed by atoms with Crippen molar-refractivity contribution in [2.24, 2.45) is 0 Å². The number of hydrogen-bond acceptors (Lipinski definition) is 3. The number of rotatable bonds is 3. The molecule has 1 atom stereocenters. The number of anilines is 1. The molecule has 1 aliphatic rings. The maximum absolute atomic E-state index is 13.8. The van der Waals surface area contributed by atoms with E-state index in [2.05, 4.69) is 15.9 Å². The smallest absolute Gasteiger partial charge is 0.269 e. The molecule has 0 spiro atoms. The van der Waals surface area contributed by atoms with Crippen LogP contribution >= 0.6 is 51.3 Å². The van der Waals surface area contributed by atoms with Gasteiger partial charge in [0, 0.05) is 15.5 Å². The van der Waals surface area contributed by atoms with E-state index in [0.717, 1.165) is 14.4 Å².